The molecule has 2 amide bonds. The molecule has 0 bridgehead atoms. The standard InChI is InChI=1S/C22H28FN3O4S/c1-3-22(2,26-12-14-30-15-13-26)16-24-21(27)25-18-6-10-20(11-7-18)31(28,29)19-8-4-17(23)5-9-19/h4-11H,3,12-16H2,1-2H3,(H2,24,25,27)/t22-/m1/s1. The van der Waals surface area contributed by atoms with Gasteiger partial charge in [-0.1, -0.05) is 6.92 Å². The number of ether oxygens (including phenoxy) is 1. The first kappa shape index (κ1) is 23.2. The van der Waals surface area contributed by atoms with E-state index in [0.29, 0.717) is 25.4 Å². The molecule has 1 atom stereocenters. The zero-order chi connectivity index (χ0) is 22.5. The maximum Gasteiger partial charge on any atom is 0.319 e. The fourth-order valence-corrected chi connectivity index (χ4v) is 4.74. The Hall–Kier alpha value is -2.49. The van der Waals surface area contributed by atoms with Crippen LogP contribution in [0.4, 0.5) is 14.9 Å². The zero-order valence-corrected chi connectivity index (χ0v) is 18.5. The number of halogens is 1. The van der Waals surface area contributed by atoms with Crippen LogP contribution in [0.1, 0.15) is 20.3 Å². The minimum absolute atomic E-state index is 0.00863. The first-order chi connectivity index (χ1) is 14.7. The summed E-state index contributed by atoms with van der Waals surface area (Å²) in [5, 5.41) is 5.64. The van der Waals surface area contributed by atoms with Crippen molar-refractivity contribution >= 4 is 21.6 Å². The van der Waals surface area contributed by atoms with E-state index in [4.69, 9.17) is 4.74 Å². The molecule has 2 aromatic carbocycles. The van der Waals surface area contributed by atoms with E-state index in [0.717, 1.165) is 31.6 Å². The van der Waals surface area contributed by atoms with Gasteiger partial charge in [-0.05, 0) is 61.9 Å². The number of urea groups is 1. The van der Waals surface area contributed by atoms with Crippen LogP contribution >= 0.6 is 0 Å². The van der Waals surface area contributed by atoms with Crippen LogP contribution < -0.4 is 10.6 Å². The molecule has 2 N–H and O–H groups in total. The number of hydrogen-bond acceptors (Lipinski definition) is 5. The minimum atomic E-state index is -3.76. The molecule has 9 heteroatoms. The van der Waals surface area contributed by atoms with E-state index in [1.165, 1.54) is 36.4 Å². The number of carbonyl (C=O) groups excluding carboxylic acids is 1. The Morgan fingerprint density at radius 2 is 1.61 bits per heavy atom. The van der Waals surface area contributed by atoms with Crippen molar-refractivity contribution in [1.82, 2.24) is 10.2 Å². The van der Waals surface area contributed by atoms with E-state index in [-0.39, 0.29) is 21.4 Å². The van der Waals surface area contributed by atoms with E-state index < -0.39 is 15.7 Å². The number of carbonyl (C=O) groups is 1. The number of rotatable bonds is 7. The number of anilines is 1. The topological polar surface area (TPSA) is 87.7 Å². The first-order valence-electron chi connectivity index (χ1n) is 10.2. The van der Waals surface area contributed by atoms with Crippen LogP contribution in [0.3, 0.4) is 0 Å². The highest BCUT2D eigenvalue weighted by molar-refractivity contribution is 7.91. The highest BCUT2D eigenvalue weighted by Crippen LogP contribution is 2.23. The normalized spacial score (nSPS) is 17.0. The molecule has 3 rings (SSSR count). The predicted octanol–water partition coefficient (Wildman–Crippen LogP) is 3.28. The Labute approximate surface area is 182 Å². The monoisotopic (exact) mass is 449 g/mol. The van der Waals surface area contributed by atoms with Gasteiger partial charge in [0, 0.05) is 30.9 Å². The fraction of sp³-hybridized carbons (Fsp3) is 0.409. The summed E-state index contributed by atoms with van der Waals surface area (Å²) in [5.74, 6) is -0.502. The van der Waals surface area contributed by atoms with Crippen molar-refractivity contribution in [3.8, 4) is 0 Å². The number of benzene rings is 2. The first-order valence-corrected chi connectivity index (χ1v) is 11.7. The summed E-state index contributed by atoms with van der Waals surface area (Å²) in [6, 6.07) is 10.2. The number of nitrogens with one attached hydrogen (secondary N) is 2. The third-order valence-corrected chi connectivity index (χ3v) is 7.50. The van der Waals surface area contributed by atoms with Crippen molar-refractivity contribution in [2.45, 2.75) is 35.6 Å². The van der Waals surface area contributed by atoms with Crippen molar-refractivity contribution < 1.29 is 22.3 Å². The molecule has 1 aliphatic rings. The van der Waals surface area contributed by atoms with Gasteiger partial charge in [-0.25, -0.2) is 17.6 Å². The lowest BCUT2D eigenvalue weighted by molar-refractivity contribution is -0.0163. The summed E-state index contributed by atoms with van der Waals surface area (Å²) in [5.41, 5.74) is 0.300. The third kappa shape index (κ3) is 5.61. The summed E-state index contributed by atoms with van der Waals surface area (Å²) in [4.78, 5) is 14.8. The van der Waals surface area contributed by atoms with E-state index >= 15 is 0 Å². The van der Waals surface area contributed by atoms with Crippen LogP contribution in [0.2, 0.25) is 0 Å². The number of nitrogens with zero attached hydrogens (tertiary/aromatic N) is 1. The summed E-state index contributed by atoms with van der Waals surface area (Å²) in [6.45, 7) is 7.73. The molecule has 2 aromatic rings. The molecule has 0 saturated carbocycles. The molecular weight excluding hydrogens is 421 g/mol. The average molecular weight is 450 g/mol. The average Bonchev–Trinajstić information content (AvgIpc) is 2.79. The number of hydrogen-bond donors (Lipinski definition) is 2. The molecule has 1 fully saturated rings. The molecule has 0 spiro atoms. The Bertz CT molecular complexity index is 990. The summed E-state index contributed by atoms with van der Waals surface area (Å²) >= 11 is 0. The molecule has 0 radical (unpaired) electrons. The second kappa shape index (κ2) is 9.76. The van der Waals surface area contributed by atoms with Gasteiger partial charge in [-0.15, -0.1) is 0 Å². The van der Waals surface area contributed by atoms with Crippen molar-refractivity contribution in [3.05, 3.63) is 54.3 Å². The molecule has 0 unspecified atom stereocenters. The molecular formula is C22H28FN3O4S. The smallest absolute Gasteiger partial charge is 0.319 e. The Balaban J connectivity index is 1.60. The summed E-state index contributed by atoms with van der Waals surface area (Å²) < 4.78 is 43.8. The second-order valence-electron chi connectivity index (χ2n) is 7.74. The highest BCUT2D eigenvalue weighted by Gasteiger charge is 2.31. The molecule has 0 aliphatic carbocycles. The van der Waals surface area contributed by atoms with Crippen LogP contribution in [-0.4, -0.2) is 57.7 Å². The van der Waals surface area contributed by atoms with E-state index in [1.807, 2.05) is 0 Å². The Morgan fingerprint density at radius 3 is 2.16 bits per heavy atom. The van der Waals surface area contributed by atoms with Crippen LogP contribution in [-0.2, 0) is 14.6 Å². The van der Waals surface area contributed by atoms with Crippen LogP contribution in [0.15, 0.2) is 58.3 Å². The van der Waals surface area contributed by atoms with E-state index in [1.54, 1.807) is 0 Å². The molecule has 1 saturated heterocycles. The highest BCUT2D eigenvalue weighted by atomic mass is 32.2. The molecule has 168 valence electrons. The third-order valence-electron chi connectivity index (χ3n) is 5.71. The van der Waals surface area contributed by atoms with Crippen LogP contribution in [0, 0.1) is 5.82 Å². The summed E-state index contributed by atoms with van der Waals surface area (Å²) in [7, 11) is -3.76. The van der Waals surface area contributed by atoms with Gasteiger partial charge in [0.1, 0.15) is 5.82 Å². The van der Waals surface area contributed by atoms with Crippen molar-refractivity contribution in [3.63, 3.8) is 0 Å². The van der Waals surface area contributed by atoms with E-state index in [2.05, 4.69) is 29.4 Å². The Kier molecular flexibility index (Phi) is 7.30. The fourth-order valence-electron chi connectivity index (χ4n) is 3.48. The number of sulfone groups is 1. The van der Waals surface area contributed by atoms with Crippen molar-refractivity contribution in [2.24, 2.45) is 0 Å². The van der Waals surface area contributed by atoms with Gasteiger partial charge >= 0.3 is 6.03 Å². The van der Waals surface area contributed by atoms with Gasteiger partial charge in [0.2, 0.25) is 9.84 Å². The lowest BCUT2D eigenvalue weighted by Gasteiger charge is -2.43. The quantitative estimate of drug-likeness (QED) is 0.634. The zero-order valence-electron chi connectivity index (χ0n) is 17.7. The lowest BCUT2D eigenvalue weighted by atomic mass is 9.95. The van der Waals surface area contributed by atoms with E-state index in [9.17, 15) is 17.6 Å². The SMILES string of the molecule is CC[C@](C)(CNC(=O)Nc1ccc(S(=O)(=O)c2ccc(F)cc2)cc1)N1CCOCC1. The molecule has 31 heavy (non-hydrogen) atoms. The maximum absolute atomic E-state index is 13.1. The van der Waals surface area contributed by atoms with Gasteiger partial charge < -0.3 is 15.4 Å². The van der Waals surface area contributed by atoms with Gasteiger partial charge in [0.25, 0.3) is 0 Å². The molecule has 1 heterocycles. The number of amides is 2. The maximum atomic E-state index is 13.1. The van der Waals surface area contributed by atoms with Gasteiger partial charge in [0.15, 0.2) is 0 Å². The summed E-state index contributed by atoms with van der Waals surface area (Å²) in [6.07, 6.45) is 0.878. The molecule has 0 aromatic heterocycles. The second-order valence-corrected chi connectivity index (χ2v) is 9.69. The van der Waals surface area contributed by atoms with Gasteiger partial charge in [-0.3, -0.25) is 4.90 Å². The van der Waals surface area contributed by atoms with Crippen LogP contribution in [0.25, 0.3) is 0 Å². The minimum Gasteiger partial charge on any atom is -0.379 e. The van der Waals surface area contributed by atoms with Crippen molar-refractivity contribution in [1.29, 1.82) is 0 Å². The van der Waals surface area contributed by atoms with Crippen LogP contribution in [0.5, 0.6) is 0 Å². The number of morpholine rings is 1. The van der Waals surface area contributed by atoms with Gasteiger partial charge in [0.05, 0.1) is 23.0 Å². The Morgan fingerprint density at radius 1 is 1.06 bits per heavy atom. The lowest BCUT2D eigenvalue weighted by Crippen LogP contribution is -2.57. The van der Waals surface area contributed by atoms with Crippen molar-refractivity contribution in [2.75, 3.05) is 38.2 Å². The van der Waals surface area contributed by atoms with Gasteiger partial charge in [-0.2, -0.15) is 0 Å². The molecule has 7 nitrogen and oxygen atoms in total. The predicted molar refractivity (Wildman–Crippen MR) is 116 cm³/mol. The molecule has 1 aliphatic heterocycles. The largest absolute Gasteiger partial charge is 0.379 e.